The highest BCUT2D eigenvalue weighted by molar-refractivity contribution is 14.0. The summed E-state index contributed by atoms with van der Waals surface area (Å²) < 4.78 is 66.3. The maximum Gasteiger partial charge on any atom is 0.511 e. The van der Waals surface area contributed by atoms with E-state index in [0.717, 1.165) is 0 Å². The molecular formula is C14H28F3IN4O3S. The summed E-state index contributed by atoms with van der Waals surface area (Å²) in [6.07, 6.45) is 0.555. The molecule has 0 radical (unpaired) electrons. The molecular weight excluding hydrogens is 488 g/mol. The van der Waals surface area contributed by atoms with Crippen molar-refractivity contribution in [1.29, 1.82) is 0 Å². The van der Waals surface area contributed by atoms with Crippen molar-refractivity contribution in [2.75, 3.05) is 39.9 Å². The van der Waals surface area contributed by atoms with Gasteiger partial charge in [-0.2, -0.15) is 17.5 Å². The van der Waals surface area contributed by atoms with E-state index in [0.29, 0.717) is 35.9 Å². The Hall–Kier alpha value is -0.340. The van der Waals surface area contributed by atoms with Gasteiger partial charge in [0.1, 0.15) is 0 Å². The summed E-state index contributed by atoms with van der Waals surface area (Å²) in [5.74, 6) is 0.973. The quantitative estimate of drug-likeness (QED) is 0.233. The molecule has 156 valence electrons. The fourth-order valence-corrected chi connectivity index (χ4v) is 3.32. The maximum atomic E-state index is 12.5. The van der Waals surface area contributed by atoms with Gasteiger partial charge in [0, 0.05) is 39.3 Å². The van der Waals surface area contributed by atoms with Crippen LogP contribution in [0.5, 0.6) is 0 Å². The lowest BCUT2D eigenvalue weighted by Gasteiger charge is -2.32. The van der Waals surface area contributed by atoms with Gasteiger partial charge in [-0.25, -0.2) is 8.42 Å². The third kappa shape index (κ3) is 8.13. The number of hydrogen-bond donors (Lipinski definition) is 2. The van der Waals surface area contributed by atoms with Crippen molar-refractivity contribution in [2.45, 2.75) is 38.2 Å². The average molecular weight is 516 g/mol. The van der Waals surface area contributed by atoms with Crippen molar-refractivity contribution in [3.63, 3.8) is 0 Å². The predicted molar refractivity (Wildman–Crippen MR) is 105 cm³/mol. The van der Waals surface area contributed by atoms with Gasteiger partial charge < -0.3 is 15.4 Å². The molecule has 1 aliphatic heterocycles. The van der Waals surface area contributed by atoms with Crippen LogP contribution in [0.3, 0.4) is 0 Å². The number of sulfonamides is 1. The molecule has 1 aliphatic rings. The highest BCUT2D eigenvalue weighted by Gasteiger charge is 2.50. The van der Waals surface area contributed by atoms with Crippen molar-refractivity contribution in [3.05, 3.63) is 0 Å². The van der Waals surface area contributed by atoms with Gasteiger partial charge in [0.15, 0.2) is 5.96 Å². The van der Waals surface area contributed by atoms with Gasteiger partial charge in [-0.15, -0.1) is 24.0 Å². The summed E-state index contributed by atoms with van der Waals surface area (Å²) in [5.41, 5.74) is -5.25. The maximum absolute atomic E-state index is 12.5. The highest BCUT2D eigenvalue weighted by atomic mass is 127. The molecule has 2 N–H and O–H groups in total. The van der Waals surface area contributed by atoms with Crippen LogP contribution in [0, 0.1) is 5.92 Å². The van der Waals surface area contributed by atoms with Crippen LogP contribution in [0.4, 0.5) is 13.2 Å². The van der Waals surface area contributed by atoms with Crippen molar-refractivity contribution in [2.24, 2.45) is 10.9 Å². The van der Waals surface area contributed by atoms with Crippen molar-refractivity contribution in [1.82, 2.24) is 14.9 Å². The first-order valence-corrected chi connectivity index (χ1v) is 9.63. The predicted octanol–water partition coefficient (Wildman–Crippen LogP) is 1.76. The SMILES string of the molecule is CN=C(NCCOCC(C)C)NC1CCN(S(=O)(=O)C(F)(F)F)CC1.I. The van der Waals surface area contributed by atoms with Gasteiger partial charge in [0.05, 0.1) is 6.61 Å². The second kappa shape index (κ2) is 11.5. The number of ether oxygens (including phenoxy) is 1. The Morgan fingerprint density at radius 1 is 1.31 bits per heavy atom. The Labute approximate surface area is 170 Å². The zero-order valence-corrected chi connectivity index (χ0v) is 18.3. The molecule has 1 saturated heterocycles. The van der Waals surface area contributed by atoms with Crippen LogP contribution in [0.1, 0.15) is 26.7 Å². The monoisotopic (exact) mass is 516 g/mol. The van der Waals surface area contributed by atoms with E-state index in [1.807, 2.05) is 0 Å². The molecule has 0 aromatic heterocycles. The average Bonchev–Trinajstić information content (AvgIpc) is 2.52. The molecule has 7 nitrogen and oxygen atoms in total. The fraction of sp³-hybridized carbons (Fsp3) is 0.929. The number of guanidine groups is 1. The van der Waals surface area contributed by atoms with E-state index in [9.17, 15) is 21.6 Å². The first-order chi connectivity index (χ1) is 11.6. The summed E-state index contributed by atoms with van der Waals surface area (Å²) in [7, 11) is -3.65. The van der Waals surface area contributed by atoms with Gasteiger partial charge in [-0.3, -0.25) is 4.99 Å². The third-order valence-electron chi connectivity index (χ3n) is 3.64. The summed E-state index contributed by atoms with van der Waals surface area (Å²) >= 11 is 0. The molecule has 0 unspecified atom stereocenters. The topological polar surface area (TPSA) is 83.0 Å². The van der Waals surface area contributed by atoms with Crippen LogP contribution in [-0.4, -0.2) is 70.1 Å². The van der Waals surface area contributed by atoms with Gasteiger partial charge in [0.25, 0.3) is 0 Å². The van der Waals surface area contributed by atoms with Gasteiger partial charge >= 0.3 is 15.5 Å². The molecule has 0 saturated carbocycles. The van der Waals surface area contributed by atoms with E-state index in [1.54, 1.807) is 7.05 Å². The first kappa shape index (κ1) is 25.7. The largest absolute Gasteiger partial charge is 0.511 e. The fourth-order valence-electron chi connectivity index (χ4n) is 2.34. The molecule has 1 rings (SSSR count). The summed E-state index contributed by atoms with van der Waals surface area (Å²) in [6.45, 7) is 5.50. The molecule has 1 heterocycles. The lowest BCUT2D eigenvalue weighted by atomic mass is 10.1. The lowest BCUT2D eigenvalue weighted by molar-refractivity contribution is -0.0494. The smallest absolute Gasteiger partial charge is 0.379 e. The zero-order valence-electron chi connectivity index (χ0n) is 15.2. The number of nitrogens with zero attached hydrogens (tertiary/aromatic N) is 2. The molecule has 12 heteroatoms. The van der Waals surface area contributed by atoms with Crippen molar-refractivity contribution >= 4 is 40.0 Å². The van der Waals surface area contributed by atoms with Crippen LogP contribution >= 0.6 is 24.0 Å². The molecule has 0 spiro atoms. The molecule has 0 bridgehead atoms. The van der Waals surface area contributed by atoms with Crippen molar-refractivity contribution < 1.29 is 26.3 Å². The minimum Gasteiger partial charge on any atom is -0.379 e. The lowest BCUT2D eigenvalue weighted by Crippen LogP contribution is -2.52. The van der Waals surface area contributed by atoms with Crippen LogP contribution in [0.2, 0.25) is 0 Å². The number of piperidine rings is 1. The Morgan fingerprint density at radius 3 is 2.35 bits per heavy atom. The number of aliphatic imine (C=N–C) groups is 1. The van der Waals surface area contributed by atoms with E-state index >= 15 is 0 Å². The van der Waals surface area contributed by atoms with E-state index in [1.165, 1.54) is 0 Å². The molecule has 1 fully saturated rings. The Balaban J connectivity index is 0.00000625. The number of hydrogen-bond acceptors (Lipinski definition) is 4. The second-order valence-electron chi connectivity index (χ2n) is 6.24. The number of rotatable bonds is 7. The molecule has 0 atom stereocenters. The molecule has 0 aromatic rings. The standard InChI is InChI=1S/C14H27F3N4O3S.HI/c1-11(2)10-24-9-6-19-13(18-3)20-12-4-7-21(8-5-12)25(22,23)14(15,16)17;/h11-12H,4-10H2,1-3H3,(H2,18,19,20);1H. The second-order valence-corrected chi connectivity index (χ2v) is 8.17. The summed E-state index contributed by atoms with van der Waals surface area (Å²) in [6, 6.07) is -0.137. The Kier molecular flexibility index (Phi) is 11.3. The minimum absolute atomic E-state index is 0. The van der Waals surface area contributed by atoms with Gasteiger partial charge in [-0.05, 0) is 18.8 Å². The van der Waals surface area contributed by atoms with Crippen molar-refractivity contribution in [3.8, 4) is 0 Å². The van der Waals surface area contributed by atoms with Crippen LogP contribution in [-0.2, 0) is 14.8 Å². The number of nitrogens with one attached hydrogen (secondary N) is 2. The summed E-state index contributed by atoms with van der Waals surface area (Å²) in [5, 5.41) is 6.15. The van der Waals surface area contributed by atoms with Gasteiger partial charge in [0.2, 0.25) is 0 Å². The molecule has 0 aromatic carbocycles. The normalized spacial score (nSPS) is 17.9. The Morgan fingerprint density at radius 2 is 1.88 bits per heavy atom. The summed E-state index contributed by atoms with van der Waals surface area (Å²) in [4.78, 5) is 4.05. The molecule has 0 amide bonds. The van der Waals surface area contributed by atoms with Crippen LogP contribution < -0.4 is 10.6 Å². The zero-order chi connectivity index (χ0) is 19.1. The molecule has 0 aliphatic carbocycles. The molecule has 26 heavy (non-hydrogen) atoms. The Bertz CT molecular complexity index is 536. The van der Waals surface area contributed by atoms with E-state index < -0.39 is 15.5 Å². The van der Waals surface area contributed by atoms with E-state index in [4.69, 9.17) is 4.74 Å². The first-order valence-electron chi connectivity index (χ1n) is 8.19. The van der Waals surface area contributed by atoms with Gasteiger partial charge in [-0.1, -0.05) is 13.8 Å². The minimum atomic E-state index is -5.25. The third-order valence-corrected chi connectivity index (χ3v) is 5.27. The van der Waals surface area contributed by atoms with E-state index in [-0.39, 0.29) is 55.9 Å². The number of alkyl halides is 3. The highest BCUT2D eigenvalue weighted by Crippen LogP contribution is 2.28. The van der Waals surface area contributed by atoms with Crippen LogP contribution in [0.25, 0.3) is 0 Å². The van der Waals surface area contributed by atoms with Crippen LogP contribution in [0.15, 0.2) is 4.99 Å². The van der Waals surface area contributed by atoms with E-state index in [2.05, 4.69) is 29.5 Å². The number of halogens is 4.